The fraction of sp³-hybridized carbons (Fsp3) is 0.333. The fourth-order valence-corrected chi connectivity index (χ4v) is 2.10. The van der Waals surface area contributed by atoms with E-state index < -0.39 is 6.10 Å². The van der Waals surface area contributed by atoms with Crippen molar-refractivity contribution in [2.45, 2.75) is 26.5 Å². The lowest BCUT2D eigenvalue weighted by Gasteiger charge is -2.22. The Labute approximate surface area is 112 Å². The first-order valence-electron chi connectivity index (χ1n) is 6.21. The van der Waals surface area contributed by atoms with E-state index in [0.717, 1.165) is 17.2 Å². The highest BCUT2D eigenvalue weighted by atomic mass is 19.1. The molecule has 0 amide bonds. The molecule has 1 heterocycles. The van der Waals surface area contributed by atoms with E-state index in [9.17, 15) is 9.50 Å². The molecule has 4 heteroatoms. The van der Waals surface area contributed by atoms with Crippen molar-refractivity contribution in [3.63, 3.8) is 0 Å². The molecule has 19 heavy (non-hydrogen) atoms. The molecule has 1 aromatic carbocycles. The number of aliphatic hydroxyl groups is 1. The zero-order chi connectivity index (χ0) is 14.0. The van der Waals surface area contributed by atoms with Crippen LogP contribution in [0.4, 0.5) is 10.1 Å². The van der Waals surface area contributed by atoms with Gasteiger partial charge in [0.2, 0.25) is 0 Å². The highest BCUT2D eigenvalue weighted by Crippen LogP contribution is 2.27. The molecule has 1 N–H and O–H groups in total. The normalized spacial score (nSPS) is 12.5. The highest BCUT2D eigenvalue weighted by molar-refractivity contribution is 5.54. The lowest BCUT2D eigenvalue weighted by Crippen LogP contribution is -2.18. The van der Waals surface area contributed by atoms with Crippen LogP contribution in [0.25, 0.3) is 0 Å². The molecule has 1 aromatic heterocycles. The van der Waals surface area contributed by atoms with Crippen LogP contribution in [0.15, 0.2) is 34.7 Å². The molecule has 0 aliphatic carbocycles. The van der Waals surface area contributed by atoms with Gasteiger partial charge in [-0.3, -0.25) is 0 Å². The van der Waals surface area contributed by atoms with Crippen LogP contribution in [0, 0.1) is 12.7 Å². The fourth-order valence-electron chi connectivity index (χ4n) is 2.10. The van der Waals surface area contributed by atoms with Gasteiger partial charge in [0.05, 0.1) is 12.6 Å². The van der Waals surface area contributed by atoms with E-state index in [-0.39, 0.29) is 5.82 Å². The maximum atomic E-state index is 13.3. The molecule has 0 saturated carbocycles. The summed E-state index contributed by atoms with van der Waals surface area (Å²) in [5, 5.41) is 9.73. The van der Waals surface area contributed by atoms with Crippen molar-refractivity contribution < 1.29 is 13.9 Å². The Bertz CT molecular complexity index is 563. The number of hydrogen-bond donors (Lipinski definition) is 1. The number of rotatable bonds is 4. The summed E-state index contributed by atoms with van der Waals surface area (Å²) in [5.74, 6) is 1.35. The van der Waals surface area contributed by atoms with E-state index in [0.29, 0.717) is 12.1 Å². The molecular weight excluding hydrogens is 245 g/mol. The van der Waals surface area contributed by atoms with Crippen LogP contribution >= 0.6 is 0 Å². The molecule has 0 unspecified atom stereocenters. The number of halogens is 1. The van der Waals surface area contributed by atoms with E-state index in [2.05, 4.69) is 0 Å². The molecule has 2 rings (SSSR count). The van der Waals surface area contributed by atoms with Gasteiger partial charge in [0.15, 0.2) is 0 Å². The molecular formula is C15H18FNO2. The Morgan fingerprint density at radius 1 is 1.32 bits per heavy atom. The predicted molar refractivity (Wildman–Crippen MR) is 72.6 cm³/mol. The summed E-state index contributed by atoms with van der Waals surface area (Å²) < 4.78 is 18.8. The number of nitrogens with zero attached hydrogens (tertiary/aromatic N) is 1. The molecule has 0 aliphatic rings. The topological polar surface area (TPSA) is 36.6 Å². The van der Waals surface area contributed by atoms with E-state index in [4.69, 9.17) is 4.42 Å². The van der Waals surface area contributed by atoms with Crippen LogP contribution in [-0.2, 0) is 6.54 Å². The largest absolute Gasteiger partial charge is 0.464 e. The number of aliphatic hydroxyl groups excluding tert-OH is 1. The predicted octanol–water partition coefficient (Wildman–Crippen LogP) is 3.42. The first-order chi connectivity index (χ1) is 8.97. The first-order valence-corrected chi connectivity index (χ1v) is 6.21. The van der Waals surface area contributed by atoms with Gasteiger partial charge in [-0.1, -0.05) is 0 Å². The maximum absolute atomic E-state index is 13.3. The molecule has 2 aromatic rings. The van der Waals surface area contributed by atoms with Crippen LogP contribution in [0.3, 0.4) is 0 Å². The van der Waals surface area contributed by atoms with Gasteiger partial charge in [-0.05, 0) is 44.2 Å². The summed E-state index contributed by atoms with van der Waals surface area (Å²) in [6, 6.07) is 8.25. The molecule has 0 saturated heterocycles. The first kappa shape index (κ1) is 13.6. The third-order valence-corrected chi connectivity index (χ3v) is 3.04. The van der Waals surface area contributed by atoms with Gasteiger partial charge in [0.25, 0.3) is 0 Å². The molecule has 0 aliphatic heterocycles. The van der Waals surface area contributed by atoms with Crippen LogP contribution in [-0.4, -0.2) is 12.2 Å². The number of benzene rings is 1. The van der Waals surface area contributed by atoms with Crippen LogP contribution in [0.1, 0.15) is 30.1 Å². The smallest absolute Gasteiger partial charge is 0.123 e. The van der Waals surface area contributed by atoms with Gasteiger partial charge in [-0.2, -0.15) is 0 Å². The number of anilines is 1. The molecule has 0 fully saturated rings. The Hall–Kier alpha value is -1.81. The van der Waals surface area contributed by atoms with E-state index in [1.165, 1.54) is 12.1 Å². The van der Waals surface area contributed by atoms with Crippen molar-refractivity contribution in [1.82, 2.24) is 0 Å². The van der Waals surface area contributed by atoms with E-state index >= 15 is 0 Å². The average molecular weight is 263 g/mol. The Morgan fingerprint density at radius 2 is 2.05 bits per heavy atom. The minimum absolute atomic E-state index is 0.345. The molecule has 0 spiro atoms. The lowest BCUT2D eigenvalue weighted by molar-refractivity contribution is 0.199. The van der Waals surface area contributed by atoms with Crippen molar-refractivity contribution in [2.75, 3.05) is 11.9 Å². The molecule has 0 bridgehead atoms. The zero-order valence-electron chi connectivity index (χ0n) is 11.4. The summed E-state index contributed by atoms with van der Waals surface area (Å²) in [5.41, 5.74) is 1.37. The van der Waals surface area contributed by atoms with E-state index in [1.807, 2.05) is 31.0 Å². The number of aryl methyl sites for hydroxylation is 1. The summed E-state index contributed by atoms with van der Waals surface area (Å²) in [6.45, 7) is 4.09. The van der Waals surface area contributed by atoms with Crippen molar-refractivity contribution in [3.05, 3.63) is 53.2 Å². The van der Waals surface area contributed by atoms with Gasteiger partial charge >= 0.3 is 0 Å². The standard InChI is InChI=1S/C15H18FNO2/c1-10-4-6-13(19-10)9-17(3)15-7-5-12(16)8-14(15)11(2)18/h4-8,11,18H,9H2,1-3H3/t11-/m0/s1. The van der Waals surface area contributed by atoms with Crippen LogP contribution < -0.4 is 4.90 Å². The second kappa shape index (κ2) is 5.45. The SMILES string of the molecule is Cc1ccc(CN(C)c2ccc(F)cc2[C@H](C)O)o1. The van der Waals surface area contributed by atoms with Gasteiger partial charge < -0.3 is 14.4 Å². The minimum atomic E-state index is -0.716. The number of furan rings is 1. The Kier molecular flexibility index (Phi) is 3.90. The van der Waals surface area contributed by atoms with E-state index in [1.54, 1.807) is 13.0 Å². The average Bonchev–Trinajstić information content (AvgIpc) is 2.74. The van der Waals surface area contributed by atoms with Gasteiger partial charge in [-0.15, -0.1) is 0 Å². The van der Waals surface area contributed by atoms with Gasteiger partial charge in [0.1, 0.15) is 17.3 Å². The second-order valence-electron chi connectivity index (χ2n) is 4.75. The monoisotopic (exact) mass is 263 g/mol. The molecule has 3 nitrogen and oxygen atoms in total. The molecule has 102 valence electrons. The van der Waals surface area contributed by atoms with Crippen molar-refractivity contribution in [3.8, 4) is 0 Å². The third-order valence-electron chi connectivity index (χ3n) is 3.04. The van der Waals surface area contributed by atoms with Crippen LogP contribution in [0.5, 0.6) is 0 Å². The van der Waals surface area contributed by atoms with Crippen LogP contribution in [0.2, 0.25) is 0 Å². The second-order valence-corrected chi connectivity index (χ2v) is 4.75. The summed E-state index contributed by atoms with van der Waals surface area (Å²) in [6.07, 6.45) is -0.716. The summed E-state index contributed by atoms with van der Waals surface area (Å²) >= 11 is 0. The Morgan fingerprint density at radius 3 is 2.63 bits per heavy atom. The third kappa shape index (κ3) is 3.15. The summed E-state index contributed by atoms with van der Waals surface area (Å²) in [4.78, 5) is 1.93. The van der Waals surface area contributed by atoms with Crippen molar-refractivity contribution in [2.24, 2.45) is 0 Å². The number of hydrogen-bond acceptors (Lipinski definition) is 3. The van der Waals surface area contributed by atoms with Gasteiger partial charge in [0, 0.05) is 18.3 Å². The highest BCUT2D eigenvalue weighted by Gasteiger charge is 2.14. The maximum Gasteiger partial charge on any atom is 0.123 e. The lowest BCUT2D eigenvalue weighted by atomic mass is 10.1. The van der Waals surface area contributed by atoms with Crippen molar-refractivity contribution >= 4 is 5.69 Å². The molecule has 1 atom stereocenters. The van der Waals surface area contributed by atoms with Gasteiger partial charge in [-0.25, -0.2) is 4.39 Å². The Balaban J connectivity index is 2.25. The summed E-state index contributed by atoms with van der Waals surface area (Å²) in [7, 11) is 1.89. The minimum Gasteiger partial charge on any atom is -0.464 e. The quantitative estimate of drug-likeness (QED) is 0.918. The van der Waals surface area contributed by atoms with Crippen molar-refractivity contribution in [1.29, 1.82) is 0 Å². The zero-order valence-corrected chi connectivity index (χ0v) is 11.4. The molecule has 0 radical (unpaired) electrons.